The molecule has 0 saturated carbocycles. The molecular weight excluding hydrogens is 296 g/mol. The molecule has 4 heterocycles. The average Bonchev–Trinajstić information content (AvgIpc) is 3.25. The second-order valence-electron chi connectivity index (χ2n) is 5.47. The van der Waals surface area contributed by atoms with E-state index in [4.69, 9.17) is 4.42 Å². The minimum Gasteiger partial charge on any atom is -0.472 e. The summed E-state index contributed by atoms with van der Waals surface area (Å²) in [6.45, 7) is 2.86. The quantitative estimate of drug-likeness (QED) is 0.705. The van der Waals surface area contributed by atoms with E-state index in [2.05, 4.69) is 20.0 Å². The van der Waals surface area contributed by atoms with Crippen molar-refractivity contribution in [1.29, 1.82) is 0 Å². The van der Waals surface area contributed by atoms with Crippen LogP contribution in [0.1, 0.15) is 5.56 Å². The van der Waals surface area contributed by atoms with Gasteiger partial charge in [0.25, 0.3) is 0 Å². The molecule has 1 amide bonds. The minimum absolute atomic E-state index is 0.128. The summed E-state index contributed by atoms with van der Waals surface area (Å²) < 4.78 is 6.78. The Kier molecular flexibility index (Phi) is 3.41. The first-order valence-electron chi connectivity index (χ1n) is 7.49. The highest BCUT2D eigenvalue weighted by Gasteiger charge is 2.23. The van der Waals surface area contributed by atoms with Crippen molar-refractivity contribution in [3.63, 3.8) is 0 Å². The smallest absolute Gasteiger partial charge is 0.227 e. The Hall–Kier alpha value is -2.90. The molecular formula is C15H16N6O2. The summed E-state index contributed by atoms with van der Waals surface area (Å²) in [6, 6.07) is 1.82. The standard InChI is InChI=1S/C15H16N6O2/c22-15(7-12-1-6-23-10-12)20-4-2-19(3-5-20)14-9-16-8-13-17-11-18-21(13)14/h1,6,8-11H,2-5,7H2. The number of anilines is 1. The molecule has 118 valence electrons. The number of nitrogens with zero attached hydrogens (tertiary/aromatic N) is 6. The summed E-state index contributed by atoms with van der Waals surface area (Å²) in [4.78, 5) is 24.7. The number of rotatable bonds is 3. The summed E-state index contributed by atoms with van der Waals surface area (Å²) in [6.07, 6.45) is 8.57. The Bertz CT molecular complexity index is 804. The fourth-order valence-corrected chi connectivity index (χ4v) is 2.82. The van der Waals surface area contributed by atoms with Crippen LogP contribution in [0.15, 0.2) is 41.7 Å². The van der Waals surface area contributed by atoms with Crippen molar-refractivity contribution in [2.24, 2.45) is 0 Å². The molecule has 1 aliphatic heterocycles. The molecule has 1 saturated heterocycles. The van der Waals surface area contributed by atoms with Gasteiger partial charge in [-0.2, -0.15) is 9.61 Å². The van der Waals surface area contributed by atoms with Crippen LogP contribution in [-0.4, -0.2) is 56.6 Å². The number of fused-ring (bicyclic) bond motifs is 1. The third-order valence-electron chi connectivity index (χ3n) is 4.06. The van der Waals surface area contributed by atoms with Crippen LogP contribution in [0.5, 0.6) is 0 Å². The molecule has 1 fully saturated rings. The first kappa shape index (κ1) is 13.7. The fourth-order valence-electron chi connectivity index (χ4n) is 2.82. The van der Waals surface area contributed by atoms with Gasteiger partial charge in [-0.05, 0) is 11.6 Å². The zero-order valence-corrected chi connectivity index (χ0v) is 12.5. The van der Waals surface area contributed by atoms with Crippen molar-refractivity contribution in [2.45, 2.75) is 6.42 Å². The molecule has 1 aliphatic rings. The number of aromatic nitrogens is 4. The molecule has 0 bridgehead atoms. The SMILES string of the molecule is O=C(Cc1ccoc1)N1CCN(c2cncc3ncnn23)CC1. The van der Waals surface area contributed by atoms with E-state index in [-0.39, 0.29) is 5.91 Å². The van der Waals surface area contributed by atoms with E-state index >= 15 is 0 Å². The minimum atomic E-state index is 0.128. The summed E-state index contributed by atoms with van der Waals surface area (Å²) in [5, 5.41) is 4.23. The first-order valence-corrected chi connectivity index (χ1v) is 7.49. The van der Waals surface area contributed by atoms with Gasteiger partial charge in [0.05, 0.1) is 31.3 Å². The van der Waals surface area contributed by atoms with Gasteiger partial charge >= 0.3 is 0 Å². The Morgan fingerprint density at radius 2 is 2.09 bits per heavy atom. The van der Waals surface area contributed by atoms with E-state index in [1.807, 2.05) is 11.0 Å². The van der Waals surface area contributed by atoms with Crippen LogP contribution >= 0.6 is 0 Å². The number of hydrogen-bond acceptors (Lipinski definition) is 6. The van der Waals surface area contributed by atoms with Gasteiger partial charge in [0.15, 0.2) is 11.5 Å². The highest BCUT2D eigenvalue weighted by molar-refractivity contribution is 5.79. The van der Waals surface area contributed by atoms with Crippen molar-refractivity contribution in [3.8, 4) is 0 Å². The zero-order chi connectivity index (χ0) is 15.6. The molecule has 8 heteroatoms. The molecule has 0 aliphatic carbocycles. The van der Waals surface area contributed by atoms with E-state index in [1.54, 1.807) is 29.4 Å². The van der Waals surface area contributed by atoms with E-state index < -0.39 is 0 Å². The maximum atomic E-state index is 12.3. The van der Waals surface area contributed by atoms with E-state index in [0.29, 0.717) is 19.5 Å². The van der Waals surface area contributed by atoms with Crippen LogP contribution < -0.4 is 4.90 Å². The van der Waals surface area contributed by atoms with Crippen molar-refractivity contribution in [3.05, 3.63) is 42.9 Å². The van der Waals surface area contributed by atoms with Gasteiger partial charge in [0.1, 0.15) is 6.33 Å². The number of amides is 1. The Labute approximate surface area is 132 Å². The predicted molar refractivity (Wildman–Crippen MR) is 82.0 cm³/mol. The van der Waals surface area contributed by atoms with Crippen molar-refractivity contribution >= 4 is 17.4 Å². The van der Waals surface area contributed by atoms with Crippen molar-refractivity contribution < 1.29 is 9.21 Å². The number of carbonyl (C=O) groups is 1. The molecule has 3 aromatic rings. The van der Waals surface area contributed by atoms with Gasteiger partial charge in [-0.1, -0.05) is 0 Å². The lowest BCUT2D eigenvalue weighted by atomic mass is 10.2. The Balaban J connectivity index is 1.43. The highest BCUT2D eigenvalue weighted by Crippen LogP contribution is 2.16. The molecule has 0 N–H and O–H groups in total. The number of carbonyl (C=O) groups excluding carboxylic acids is 1. The predicted octanol–water partition coefficient (Wildman–Crippen LogP) is 0.609. The van der Waals surface area contributed by atoms with E-state index in [9.17, 15) is 4.79 Å². The summed E-state index contributed by atoms with van der Waals surface area (Å²) in [7, 11) is 0. The van der Waals surface area contributed by atoms with Gasteiger partial charge in [-0.15, -0.1) is 0 Å². The number of hydrogen-bond donors (Lipinski definition) is 0. The second kappa shape index (κ2) is 5.71. The van der Waals surface area contributed by atoms with Crippen LogP contribution in [0.3, 0.4) is 0 Å². The molecule has 0 atom stereocenters. The summed E-state index contributed by atoms with van der Waals surface area (Å²) >= 11 is 0. The zero-order valence-electron chi connectivity index (χ0n) is 12.5. The van der Waals surface area contributed by atoms with Gasteiger partial charge < -0.3 is 14.2 Å². The van der Waals surface area contributed by atoms with Crippen LogP contribution in [0, 0.1) is 0 Å². The van der Waals surface area contributed by atoms with Crippen LogP contribution in [-0.2, 0) is 11.2 Å². The fraction of sp³-hybridized carbons (Fsp3) is 0.333. The lowest BCUT2D eigenvalue weighted by Crippen LogP contribution is -2.49. The van der Waals surface area contributed by atoms with Crippen LogP contribution in [0.25, 0.3) is 5.65 Å². The largest absolute Gasteiger partial charge is 0.472 e. The first-order chi connectivity index (χ1) is 11.3. The molecule has 23 heavy (non-hydrogen) atoms. The monoisotopic (exact) mass is 312 g/mol. The van der Waals surface area contributed by atoms with Gasteiger partial charge in [0.2, 0.25) is 5.91 Å². The number of furan rings is 1. The second-order valence-corrected chi connectivity index (χ2v) is 5.47. The van der Waals surface area contributed by atoms with Crippen molar-refractivity contribution in [1.82, 2.24) is 24.5 Å². The highest BCUT2D eigenvalue weighted by atomic mass is 16.3. The Morgan fingerprint density at radius 3 is 2.87 bits per heavy atom. The maximum absolute atomic E-state index is 12.3. The lowest BCUT2D eigenvalue weighted by Gasteiger charge is -2.35. The third kappa shape index (κ3) is 2.63. The molecule has 0 radical (unpaired) electrons. The molecule has 3 aromatic heterocycles. The maximum Gasteiger partial charge on any atom is 0.227 e. The van der Waals surface area contributed by atoms with Gasteiger partial charge in [0, 0.05) is 26.2 Å². The summed E-state index contributed by atoms with van der Waals surface area (Å²) in [5.41, 5.74) is 1.63. The lowest BCUT2D eigenvalue weighted by molar-refractivity contribution is -0.130. The molecule has 4 rings (SSSR count). The van der Waals surface area contributed by atoms with E-state index in [0.717, 1.165) is 30.1 Å². The third-order valence-corrected chi connectivity index (χ3v) is 4.06. The Morgan fingerprint density at radius 1 is 1.22 bits per heavy atom. The molecule has 0 unspecified atom stereocenters. The normalized spacial score (nSPS) is 15.3. The number of piperazine rings is 1. The van der Waals surface area contributed by atoms with Gasteiger partial charge in [-0.25, -0.2) is 4.98 Å². The van der Waals surface area contributed by atoms with Crippen LogP contribution in [0.2, 0.25) is 0 Å². The van der Waals surface area contributed by atoms with Crippen LogP contribution in [0.4, 0.5) is 5.82 Å². The van der Waals surface area contributed by atoms with Gasteiger partial charge in [-0.3, -0.25) is 9.78 Å². The van der Waals surface area contributed by atoms with Crippen molar-refractivity contribution in [2.75, 3.05) is 31.1 Å². The molecule has 8 nitrogen and oxygen atoms in total. The van der Waals surface area contributed by atoms with E-state index in [1.165, 1.54) is 6.33 Å². The summed E-state index contributed by atoms with van der Waals surface area (Å²) in [5.74, 6) is 1.03. The molecule has 0 aromatic carbocycles. The molecule has 0 spiro atoms. The topological polar surface area (TPSA) is 79.8 Å². The average molecular weight is 312 g/mol.